The molecule has 0 aliphatic rings. The summed E-state index contributed by atoms with van der Waals surface area (Å²) in [6, 6.07) is 4.58. The molecule has 0 spiro atoms. The molecule has 3 heteroatoms. The lowest BCUT2D eigenvalue weighted by Crippen LogP contribution is -1.88. The molecule has 1 radical (unpaired) electrons. The van der Waals surface area contributed by atoms with Gasteiger partial charge in [-0.2, -0.15) is 0 Å². The van der Waals surface area contributed by atoms with Gasteiger partial charge in [-0.05, 0) is 33.6 Å². The highest BCUT2D eigenvalue weighted by Gasteiger charge is 1.99. The van der Waals surface area contributed by atoms with E-state index >= 15 is 0 Å². The number of benzene rings is 1. The van der Waals surface area contributed by atoms with Crippen LogP contribution in [-0.4, -0.2) is 11.7 Å². The maximum absolute atomic E-state index is 12.6. The van der Waals surface area contributed by atoms with Gasteiger partial charge >= 0.3 is 0 Å². The summed E-state index contributed by atoms with van der Waals surface area (Å²) in [5, 5.41) is 8.52. The number of halogens is 2. The van der Waals surface area contributed by atoms with Crippen molar-refractivity contribution < 1.29 is 9.50 Å². The molecule has 0 saturated heterocycles. The molecule has 1 aromatic carbocycles. The third-order valence-corrected chi connectivity index (χ3v) is 1.88. The van der Waals surface area contributed by atoms with Crippen LogP contribution in [0.25, 0.3) is 0 Å². The molecule has 0 saturated carbocycles. The van der Waals surface area contributed by atoms with Gasteiger partial charge in [-0.25, -0.2) is 4.39 Å². The van der Waals surface area contributed by atoms with Crippen LogP contribution in [0.1, 0.15) is 5.56 Å². The normalized spacial score (nSPS) is 10.1. The lowest BCUT2D eigenvalue weighted by atomic mass is 10.2. The third kappa shape index (κ3) is 2.27. The fraction of sp³-hybridized carbons (Fsp3) is 0.125. The van der Waals surface area contributed by atoms with Gasteiger partial charge < -0.3 is 5.11 Å². The molecule has 0 bridgehead atoms. The van der Waals surface area contributed by atoms with E-state index in [2.05, 4.69) is 15.9 Å². The van der Waals surface area contributed by atoms with Gasteiger partial charge in [0.1, 0.15) is 5.82 Å². The molecule has 1 nitrogen and oxygen atoms in total. The van der Waals surface area contributed by atoms with Crippen LogP contribution >= 0.6 is 15.9 Å². The van der Waals surface area contributed by atoms with E-state index in [0.29, 0.717) is 4.47 Å². The molecule has 0 unspecified atom stereocenters. The maximum Gasteiger partial charge on any atom is 0.137 e. The van der Waals surface area contributed by atoms with Crippen molar-refractivity contribution in [2.24, 2.45) is 0 Å². The number of aliphatic hydroxyl groups excluding tert-OH is 1. The topological polar surface area (TPSA) is 20.2 Å². The van der Waals surface area contributed by atoms with E-state index in [9.17, 15) is 4.39 Å². The van der Waals surface area contributed by atoms with Crippen molar-refractivity contribution in [2.75, 3.05) is 6.61 Å². The molecule has 11 heavy (non-hydrogen) atoms. The molecule has 0 amide bonds. The highest BCUT2D eigenvalue weighted by atomic mass is 79.9. The van der Waals surface area contributed by atoms with E-state index in [1.54, 1.807) is 18.6 Å². The van der Waals surface area contributed by atoms with Gasteiger partial charge in [0, 0.05) is 6.42 Å². The van der Waals surface area contributed by atoms with Crippen LogP contribution < -0.4 is 0 Å². The van der Waals surface area contributed by atoms with Crippen LogP contribution in [0.4, 0.5) is 4.39 Å². The first-order valence-electron chi connectivity index (χ1n) is 3.13. The summed E-state index contributed by atoms with van der Waals surface area (Å²) >= 11 is 3.04. The first-order valence-corrected chi connectivity index (χ1v) is 3.92. The minimum absolute atomic E-state index is 0.0297. The highest BCUT2D eigenvalue weighted by molar-refractivity contribution is 9.10. The lowest BCUT2D eigenvalue weighted by molar-refractivity contribution is 0.331. The summed E-state index contributed by atoms with van der Waals surface area (Å²) in [6.45, 7) is -0.0297. The Balaban J connectivity index is 2.86. The van der Waals surface area contributed by atoms with E-state index in [1.807, 2.05) is 0 Å². The van der Waals surface area contributed by atoms with E-state index < -0.39 is 0 Å². The molecule has 0 aromatic heterocycles. The van der Waals surface area contributed by atoms with E-state index in [0.717, 1.165) is 5.56 Å². The fourth-order valence-electron chi connectivity index (χ4n) is 0.745. The third-order valence-electron chi connectivity index (χ3n) is 1.27. The number of rotatable bonds is 2. The Morgan fingerprint density at radius 2 is 2.27 bits per heavy atom. The zero-order valence-electron chi connectivity index (χ0n) is 5.72. The molecule has 0 aliphatic heterocycles. The fourth-order valence-corrected chi connectivity index (χ4v) is 1.14. The minimum atomic E-state index is -0.292. The molecule has 0 atom stereocenters. The van der Waals surface area contributed by atoms with E-state index in [-0.39, 0.29) is 12.4 Å². The van der Waals surface area contributed by atoms with Gasteiger partial charge in [-0.15, -0.1) is 0 Å². The summed E-state index contributed by atoms with van der Waals surface area (Å²) in [7, 11) is 0. The van der Waals surface area contributed by atoms with E-state index in [4.69, 9.17) is 5.11 Å². The molecule has 59 valence electrons. The Labute approximate surface area is 73.0 Å². The second kappa shape index (κ2) is 3.83. The van der Waals surface area contributed by atoms with Crippen molar-refractivity contribution in [3.05, 3.63) is 40.5 Å². The molecule has 1 N–H and O–H groups in total. The van der Waals surface area contributed by atoms with Gasteiger partial charge in [0.15, 0.2) is 0 Å². The van der Waals surface area contributed by atoms with Gasteiger partial charge in [0.25, 0.3) is 0 Å². The van der Waals surface area contributed by atoms with Crippen LogP contribution in [-0.2, 0) is 0 Å². The predicted molar refractivity (Wildman–Crippen MR) is 44.6 cm³/mol. The SMILES string of the molecule is OC[CH]c1ccc(F)c(Br)c1. The van der Waals surface area contributed by atoms with Gasteiger partial charge in [0.05, 0.1) is 11.1 Å². The van der Waals surface area contributed by atoms with Crippen molar-refractivity contribution in [2.45, 2.75) is 0 Å². The molecule has 1 aromatic rings. The summed E-state index contributed by atoms with van der Waals surface area (Å²) in [6.07, 6.45) is 1.60. The monoisotopic (exact) mass is 217 g/mol. The van der Waals surface area contributed by atoms with Crippen LogP contribution in [0.5, 0.6) is 0 Å². The summed E-state index contributed by atoms with van der Waals surface area (Å²) < 4.78 is 13.0. The Hall–Kier alpha value is -0.410. The minimum Gasteiger partial charge on any atom is -0.396 e. The Morgan fingerprint density at radius 1 is 1.55 bits per heavy atom. The molecule has 0 heterocycles. The Kier molecular flexibility index (Phi) is 3.02. The Morgan fingerprint density at radius 3 is 2.82 bits per heavy atom. The zero-order chi connectivity index (χ0) is 8.27. The van der Waals surface area contributed by atoms with Crippen LogP contribution in [0.2, 0.25) is 0 Å². The summed E-state index contributed by atoms with van der Waals surface area (Å²) in [5.41, 5.74) is 0.806. The molecular formula is C8H7BrFO. The molecular weight excluding hydrogens is 211 g/mol. The standard InChI is InChI=1S/C8H7BrFO/c9-7-5-6(3-4-11)1-2-8(7)10/h1-3,5,11H,4H2. The summed E-state index contributed by atoms with van der Waals surface area (Å²) in [4.78, 5) is 0. The van der Waals surface area contributed by atoms with Crippen LogP contribution in [0.3, 0.4) is 0 Å². The van der Waals surface area contributed by atoms with Crippen molar-refractivity contribution in [1.29, 1.82) is 0 Å². The molecule has 1 rings (SSSR count). The quantitative estimate of drug-likeness (QED) is 0.806. The van der Waals surface area contributed by atoms with Crippen molar-refractivity contribution in [3.8, 4) is 0 Å². The number of hydrogen-bond donors (Lipinski definition) is 1. The van der Waals surface area contributed by atoms with E-state index in [1.165, 1.54) is 6.07 Å². The van der Waals surface area contributed by atoms with Crippen LogP contribution in [0, 0.1) is 12.2 Å². The highest BCUT2D eigenvalue weighted by Crippen LogP contribution is 2.17. The average Bonchev–Trinajstić information content (AvgIpc) is 1.98. The second-order valence-electron chi connectivity index (χ2n) is 2.06. The number of hydrogen-bond acceptors (Lipinski definition) is 1. The maximum atomic E-state index is 12.6. The molecule has 0 aliphatic carbocycles. The van der Waals surface area contributed by atoms with Gasteiger partial charge in [-0.3, -0.25) is 0 Å². The predicted octanol–water partition coefficient (Wildman–Crippen LogP) is 2.13. The average molecular weight is 218 g/mol. The van der Waals surface area contributed by atoms with Crippen molar-refractivity contribution in [1.82, 2.24) is 0 Å². The number of aliphatic hydroxyl groups is 1. The van der Waals surface area contributed by atoms with Crippen LogP contribution in [0.15, 0.2) is 22.7 Å². The molecule has 0 fully saturated rings. The smallest absolute Gasteiger partial charge is 0.137 e. The van der Waals surface area contributed by atoms with Gasteiger partial charge in [0.2, 0.25) is 0 Å². The zero-order valence-corrected chi connectivity index (χ0v) is 7.31. The summed E-state index contributed by atoms with van der Waals surface area (Å²) in [5.74, 6) is -0.292. The van der Waals surface area contributed by atoms with Crippen molar-refractivity contribution >= 4 is 15.9 Å². The first kappa shape index (κ1) is 8.68. The van der Waals surface area contributed by atoms with Crippen molar-refractivity contribution in [3.63, 3.8) is 0 Å². The Bertz CT molecular complexity index is 250. The first-order chi connectivity index (χ1) is 5.24. The lowest BCUT2D eigenvalue weighted by Gasteiger charge is -1.98. The second-order valence-corrected chi connectivity index (χ2v) is 2.91. The largest absolute Gasteiger partial charge is 0.396 e. The van der Waals surface area contributed by atoms with Gasteiger partial charge in [-0.1, -0.05) is 6.07 Å².